The Hall–Kier alpha value is -0.0400. The van der Waals surface area contributed by atoms with E-state index in [0.717, 1.165) is 0 Å². The minimum absolute atomic E-state index is 0.550. The van der Waals surface area contributed by atoms with Crippen LogP contribution in [0.3, 0.4) is 0 Å². The molecule has 1 rings (SSSR count). The number of phosphoric ester groups is 1. The molecule has 0 saturated carbocycles. The summed E-state index contributed by atoms with van der Waals surface area (Å²) in [4.78, 5) is 25.4. The van der Waals surface area contributed by atoms with Gasteiger partial charge in [0.1, 0.15) is 6.10 Å². The highest BCUT2D eigenvalue weighted by molar-refractivity contribution is 7.60. The molecule has 10 heteroatoms. The van der Waals surface area contributed by atoms with Crippen molar-refractivity contribution in [3.05, 3.63) is 12.2 Å². The fourth-order valence-corrected chi connectivity index (χ4v) is 2.46. The molecule has 0 aliphatic carbocycles. The van der Waals surface area contributed by atoms with Gasteiger partial charge in [0, 0.05) is 0 Å². The van der Waals surface area contributed by atoms with Crippen molar-refractivity contribution in [1.29, 1.82) is 0 Å². The molecule has 0 aromatic rings. The Morgan fingerprint density at radius 2 is 1.93 bits per heavy atom. The third kappa shape index (κ3) is 4.55. The number of epoxide rings is 1. The van der Waals surface area contributed by atoms with Gasteiger partial charge in [-0.3, -0.25) is 4.52 Å². The molecule has 0 bridgehead atoms. The van der Waals surface area contributed by atoms with E-state index in [1.807, 2.05) is 0 Å². The van der Waals surface area contributed by atoms with Crippen LogP contribution in [0.4, 0.5) is 0 Å². The van der Waals surface area contributed by atoms with Crippen molar-refractivity contribution in [3.8, 4) is 0 Å². The first-order valence-corrected chi connectivity index (χ1v) is 6.72. The van der Waals surface area contributed by atoms with Gasteiger partial charge in [-0.2, -0.15) is 4.31 Å². The van der Waals surface area contributed by atoms with Crippen molar-refractivity contribution in [2.75, 3.05) is 0 Å². The second-order valence-corrected chi connectivity index (χ2v) is 5.70. The highest BCUT2D eigenvalue weighted by atomic mass is 31.3. The van der Waals surface area contributed by atoms with Crippen molar-refractivity contribution in [2.24, 2.45) is 0 Å². The molecule has 1 heterocycles. The quantitative estimate of drug-likeness (QED) is 0.371. The van der Waals surface area contributed by atoms with E-state index in [2.05, 4.69) is 15.4 Å². The molecule has 1 aliphatic rings. The van der Waals surface area contributed by atoms with E-state index >= 15 is 0 Å². The molecule has 3 N–H and O–H groups in total. The lowest BCUT2D eigenvalue weighted by atomic mass is 10.3. The number of hydrogen-bond donors (Lipinski definition) is 3. The lowest BCUT2D eigenvalue weighted by Crippen LogP contribution is -2.00. The maximum Gasteiger partial charge on any atom is 0.483 e. The minimum Gasteiger partial charge on any atom is -0.336 e. The molecule has 1 aliphatic heterocycles. The number of ether oxygens (including phenoxy) is 1. The van der Waals surface area contributed by atoms with Crippen LogP contribution in [0.15, 0.2) is 12.2 Å². The second kappa shape index (κ2) is 4.08. The molecule has 0 amide bonds. The van der Waals surface area contributed by atoms with Crippen LogP contribution in [0.25, 0.3) is 0 Å². The summed E-state index contributed by atoms with van der Waals surface area (Å²) >= 11 is 0. The van der Waals surface area contributed by atoms with Gasteiger partial charge in [0.15, 0.2) is 6.29 Å². The standard InChI is InChI=1S/C5H10O8P2/c1-3(2)4-5(11-4)12-15(9,10)13-14(6,7)8/h4-5H,1H2,2H3,(H,9,10)(H2,6,7,8). The molecule has 0 spiro atoms. The number of hydrogen-bond acceptors (Lipinski definition) is 5. The zero-order chi connectivity index (χ0) is 11.9. The lowest BCUT2D eigenvalue weighted by Gasteiger charge is -2.10. The van der Waals surface area contributed by atoms with E-state index in [0.29, 0.717) is 5.57 Å². The van der Waals surface area contributed by atoms with Gasteiger partial charge in [0.25, 0.3) is 0 Å². The monoisotopic (exact) mass is 260 g/mol. The maximum absolute atomic E-state index is 11.0. The summed E-state index contributed by atoms with van der Waals surface area (Å²) < 4.78 is 33.8. The SMILES string of the molecule is C=C(C)C1OC1OP(=O)(O)OP(=O)(O)O. The Kier molecular flexibility index (Phi) is 3.55. The predicted molar refractivity (Wildman–Crippen MR) is 47.5 cm³/mol. The summed E-state index contributed by atoms with van der Waals surface area (Å²) in [5, 5.41) is 0. The second-order valence-electron chi connectivity index (χ2n) is 2.92. The summed E-state index contributed by atoms with van der Waals surface area (Å²) in [6, 6.07) is 0. The molecule has 0 aromatic carbocycles. The van der Waals surface area contributed by atoms with Gasteiger partial charge in [0.05, 0.1) is 0 Å². The summed E-state index contributed by atoms with van der Waals surface area (Å²) in [5.74, 6) is 0. The lowest BCUT2D eigenvalue weighted by molar-refractivity contribution is 0.119. The van der Waals surface area contributed by atoms with Crippen molar-refractivity contribution >= 4 is 15.6 Å². The van der Waals surface area contributed by atoms with Gasteiger partial charge in [-0.25, -0.2) is 9.13 Å². The Morgan fingerprint density at radius 3 is 2.27 bits per heavy atom. The molecule has 0 aromatic heterocycles. The largest absolute Gasteiger partial charge is 0.483 e. The van der Waals surface area contributed by atoms with Gasteiger partial charge >= 0.3 is 15.6 Å². The fraction of sp³-hybridized carbons (Fsp3) is 0.600. The van der Waals surface area contributed by atoms with Gasteiger partial charge in [-0.1, -0.05) is 6.58 Å². The predicted octanol–water partition coefficient (Wildman–Crippen LogP) is 0.514. The van der Waals surface area contributed by atoms with Crippen molar-refractivity contribution < 1.29 is 37.4 Å². The molecule has 3 atom stereocenters. The highest BCUT2D eigenvalue weighted by Gasteiger charge is 2.47. The van der Waals surface area contributed by atoms with Crippen LogP contribution in [0.1, 0.15) is 6.92 Å². The molecule has 88 valence electrons. The van der Waals surface area contributed by atoms with E-state index in [9.17, 15) is 9.13 Å². The summed E-state index contributed by atoms with van der Waals surface area (Å²) in [6.45, 7) is 5.11. The molecule has 1 saturated heterocycles. The average Bonchev–Trinajstić information content (AvgIpc) is 2.59. The minimum atomic E-state index is -5.08. The van der Waals surface area contributed by atoms with E-state index < -0.39 is 28.0 Å². The maximum atomic E-state index is 11.0. The first kappa shape index (κ1) is 13.0. The van der Waals surface area contributed by atoms with Gasteiger partial charge in [-0.15, -0.1) is 0 Å². The van der Waals surface area contributed by atoms with Gasteiger partial charge in [0.2, 0.25) is 0 Å². The topological polar surface area (TPSA) is 126 Å². The van der Waals surface area contributed by atoms with Crippen molar-refractivity contribution in [1.82, 2.24) is 0 Å². The third-order valence-corrected chi connectivity index (χ3v) is 3.53. The highest BCUT2D eigenvalue weighted by Crippen LogP contribution is 2.59. The van der Waals surface area contributed by atoms with Crippen molar-refractivity contribution in [2.45, 2.75) is 19.3 Å². The van der Waals surface area contributed by atoms with Crippen LogP contribution in [-0.4, -0.2) is 27.1 Å². The van der Waals surface area contributed by atoms with Crippen LogP contribution in [0.5, 0.6) is 0 Å². The Labute approximate surface area is 85.3 Å². The van der Waals surface area contributed by atoms with Crippen LogP contribution in [0, 0.1) is 0 Å². The van der Waals surface area contributed by atoms with E-state index in [1.165, 1.54) is 0 Å². The van der Waals surface area contributed by atoms with Gasteiger partial charge < -0.3 is 19.4 Å². The normalized spacial score (nSPS) is 29.6. The zero-order valence-electron chi connectivity index (χ0n) is 7.64. The molecule has 0 radical (unpaired) electrons. The number of phosphoric acid groups is 2. The Balaban J connectivity index is 2.49. The van der Waals surface area contributed by atoms with E-state index in [4.69, 9.17) is 19.4 Å². The van der Waals surface area contributed by atoms with E-state index in [1.54, 1.807) is 6.92 Å². The van der Waals surface area contributed by atoms with Crippen LogP contribution in [0.2, 0.25) is 0 Å². The first-order chi connectivity index (χ1) is 6.61. The smallest absolute Gasteiger partial charge is 0.336 e. The fourth-order valence-electron chi connectivity index (χ4n) is 0.813. The Bertz CT molecular complexity index is 358. The summed E-state index contributed by atoms with van der Waals surface area (Å²) in [6.07, 6.45) is -1.60. The average molecular weight is 260 g/mol. The third-order valence-electron chi connectivity index (χ3n) is 1.38. The molecule has 15 heavy (non-hydrogen) atoms. The van der Waals surface area contributed by atoms with Crippen LogP contribution in [-0.2, 0) is 22.7 Å². The van der Waals surface area contributed by atoms with E-state index in [-0.39, 0.29) is 0 Å². The Morgan fingerprint density at radius 1 is 1.40 bits per heavy atom. The van der Waals surface area contributed by atoms with Crippen molar-refractivity contribution in [3.63, 3.8) is 0 Å². The van der Waals surface area contributed by atoms with Gasteiger partial charge in [-0.05, 0) is 12.5 Å². The molecule has 1 fully saturated rings. The summed E-state index contributed by atoms with van der Waals surface area (Å²) in [5.41, 5.74) is 0.566. The molecular formula is C5H10O8P2. The zero-order valence-corrected chi connectivity index (χ0v) is 9.43. The first-order valence-electron chi connectivity index (χ1n) is 3.70. The molecule has 8 nitrogen and oxygen atoms in total. The number of rotatable bonds is 5. The summed E-state index contributed by atoms with van der Waals surface area (Å²) in [7, 11) is -9.89. The molecule has 3 unspecified atom stereocenters. The van der Waals surface area contributed by atoms with Crippen LogP contribution < -0.4 is 0 Å². The van der Waals surface area contributed by atoms with Crippen LogP contribution >= 0.6 is 15.6 Å². The molecular weight excluding hydrogens is 250 g/mol.